The number of nitrogens with one attached hydrogen (secondary N) is 2. The summed E-state index contributed by atoms with van der Waals surface area (Å²) in [5.41, 5.74) is -0.455. The zero-order valence-corrected chi connectivity index (χ0v) is 36.8. The van der Waals surface area contributed by atoms with Crippen molar-refractivity contribution >= 4 is 34.4 Å². The second-order valence-corrected chi connectivity index (χ2v) is 18.7. The van der Waals surface area contributed by atoms with Gasteiger partial charge in [-0.25, -0.2) is 8.78 Å². The van der Waals surface area contributed by atoms with Gasteiger partial charge in [0.05, 0.1) is 26.8 Å². The van der Waals surface area contributed by atoms with E-state index in [-0.39, 0.29) is 43.5 Å². The van der Waals surface area contributed by atoms with Crippen LogP contribution < -0.4 is 15.0 Å². The number of hydrogen-bond donors (Lipinski definition) is 3. The average molecular weight is 856 g/mol. The second-order valence-electron chi connectivity index (χ2n) is 18.7. The molecule has 2 bridgehead atoms. The molecule has 1 aliphatic carbocycles. The number of benzene rings is 2. The molecule has 1 saturated heterocycles. The van der Waals surface area contributed by atoms with E-state index in [4.69, 9.17) is 14.2 Å². The highest BCUT2D eigenvalue weighted by molar-refractivity contribution is 5.94. The lowest BCUT2D eigenvalue weighted by molar-refractivity contribution is -0.217. The maximum Gasteiger partial charge on any atom is 0.322 e. The van der Waals surface area contributed by atoms with Gasteiger partial charge >= 0.3 is 11.9 Å². The fourth-order valence-corrected chi connectivity index (χ4v) is 13.3. The first-order valence-corrected chi connectivity index (χ1v) is 22.1. The largest absolute Gasteiger partial charge is 0.496 e. The van der Waals surface area contributed by atoms with Crippen LogP contribution >= 0.6 is 0 Å². The van der Waals surface area contributed by atoms with Gasteiger partial charge in [-0.05, 0) is 61.4 Å². The molecule has 62 heavy (non-hydrogen) atoms. The zero-order chi connectivity index (χ0) is 44.1. The van der Waals surface area contributed by atoms with Crippen molar-refractivity contribution in [3.8, 4) is 5.75 Å². The van der Waals surface area contributed by atoms with Gasteiger partial charge < -0.3 is 34.5 Å². The van der Waals surface area contributed by atoms with E-state index in [2.05, 4.69) is 50.1 Å². The van der Waals surface area contributed by atoms with Crippen molar-refractivity contribution in [1.29, 1.82) is 0 Å². The molecule has 1 aromatic heterocycles. The molecule has 1 saturated carbocycles. The van der Waals surface area contributed by atoms with Gasteiger partial charge in [-0.3, -0.25) is 24.2 Å². The van der Waals surface area contributed by atoms with Crippen LogP contribution in [0.5, 0.6) is 5.75 Å². The van der Waals surface area contributed by atoms with Crippen LogP contribution in [0.3, 0.4) is 0 Å². The maximum absolute atomic E-state index is 15.3. The van der Waals surface area contributed by atoms with Crippen molar-refractivity contribution in [3.63, 3.8) is 0 Å². The molecule has 3 N–H and O–H groups in total. The lowest BCUT2D eigenvalue weighted by atomic mass is 9.47. The number of carbonyl (C=O) groups excluding carboxylic acids is 3. The quantitative estimate of drug-likeness (QED) is 0.190. The number of rotatable bonds is 9. The molecule has 9 atom stereocenters. The number of carbonyl (C=O) groups is 3. The number of hydrogen-bond acceptors (Lipinski definition) is 10. The number of fused-ring (bicyclic) bond motifs is 6. The Kier molecular flexibility index (Phi) is 10.2. The van der Waals surface area contributed by atoms with E-state index >= 15 is 13.6 Å². The van der Waals surface area contributed by atoms with Crippen LogP contribution in [-0.2, 0) is 41.1 Å². The lowest BCUT2D eigenvalue weighted by Gasteiger charge is -2.64. The number of alkyl halides is 2. The molecule has 9 rings (SSSR count). The molecular weight excluding hydrogens is 797 g/mol. The number of anilines is 1. The minimum Gasteiger partial charge on any atom is -0.496 e. The Bertz CT molecular complexity index is 2390. The average Bonchev–Trinajstić information content (AvgIpc) is 3.92. The Morgan fingerprint density at radius 1 is 1.08 bits per heavy atom. The molecule has 2 aromatic carbocycles. The number of methoxy groups -OCH3 is 2. The van der Waals surface area contributed by atoms with Crippen LogP contribution in [0.2, 0.25) is 0 Å². The highest BCUT2D eigenvalue weighted by Gasteiger charge is 2.78. The number of para-hydroxylation sites is 1. The van der Waals surface area contributed by atoms with E-state index in [0.29, 0.717) is 62.4 Å². The van der Waals surface area contributed by atoms with Crippen molar-refractivity contribution in [1.82, 2.24) is 20.1 Å². The summed E-state index contributed by atoms with van der Waals surface area (Å²) < 4.78 is 49.2. The van der Waals surface area contributed by atoms with Gasteiger partial charge in [0.15, 0.2) is 0 Å². The van der Waals surface area contributed by atoms with E-state index in [1.54, 1.807) is 20.1 Å². The molecule has 3 aromatic rings. The minimum atomic E-state index is -3.06. The van der Waals surface area contributed by atoms with Crippen LogP contribution in [0.4, 0.5) is 14.5 Å². The van der Waals surface area contributed by atoms with Crippen molar-refractivity contribution in [2.75, 3.05) is 65.4 Å². The van der Waals surface area contributed by atoms with E-state index in [1.165, 1.54) is 14.0 Å². The lowest BCUT2D eigenvalue weighted by Crippen LogP contribution is -2.81. The molecular formula is C48H59F2N5O7. The zero-order valence-electron chi connectivity index (χ0n) is 36.8. The molecule has 5 aliphatic heterocycles. The molecule has 332 valence electrons. The molecule has 0 radical (unpaired) electrons. The molecule has 6 aliphatic rings. The number of amides is 1. The second kappa shape index (κ2) is 14.9. The summed E-state index contributed by atoms with van der Waals surface area (Å²) in [5.74, 6) is -4.46. The Morgan fingerprint density at radius 3 is 2.55 bits per heavy atom. The minimum absolute atomic E-state index is 0.0264. The van der Waals surface area contributed by atoms with Crippen LogP contribution in [0.15, 0.2) is 60.2 Å². The summed E-state index contributed by atoms with van der Waals surface area (Å²) in [5, 5.41) is 17.6. The number of ether oxygens (including phenoxy) is 3. The van der Waals surface area contributed by atoms with Gasteiger partial charge in [0.1, 0.15) is 22.9 Å². The highest BCUT2D eigenvalue weighted by Crippen LogP contribution is 2.68. The smallest absolute Gasteiger partial charge is 0.322 e. The molecule has 12 nitrogen and oxygen atoms in total. The summed E-state index contributed by atoms with van der Waals surface area (Å²) in [6.07, 6.45) is 6.78. The standard InChI is InChI=1S/C48H59F2N5O7/c1-8-38(57)51-27-48(59)41-46(17-20-55-18-12-16-45(9-2,40(46)55)42(48)62-28(3)56)33-22-34(37(60-6)23-36(33)53(41)5)47(43(58)61-7)24-29-21-30(44(4,49)50)26-54(25-29)19-15-32-31-13-10-11-14-35(31)52-39(32)47/h10-14,16,21-23,29,40-42,52,59H,8-9,15,17-20,24-27H2,1-7H3,(H,51,57)/t29-,40-,41+,42+,45+,46+,47-,48?/m0/s1. The number of esters is 2. The Morgan fingerprint density at radius 2 is 1.85 bits per heavy atom. The molecule has 2 unspecified atom stereocenters. The fourth-order valence-electron chi connectivity index (χ4n) is 13.3. The van der Waals surface area contributed by atoms with Gasteiger partial charge in [0, 0.05) is 110 Å². The molecule has 6 heterocycles. The molecule has 1 spiro atoms. The Balaban J connectivity index is 1.35. The van der Waals surface area contributed by atoms with E-state index in [0.717, 1.165) is 34.6 Å². The van der Waals surface area contributed by atoms with Crippen molar-refractivity contribution in [2.45, 2.75) is 100 Å². The predicted molar refractivity (Wildman–Crippen MR) is 231 cm³/mol. The third-order valence-corrected chi connectivity index (χ3v) is 15.6. The SMILES string of the molecule is CCC(=O)NCC1(O)[C@H](OC(C)=O)[C@]2(CC)C=CCN3CC[C@@]4(c5cc([C@@]6(C(=O)OC)C[C@@H]7C=C(C(C)(F)F)CN(CCc8c6[nH]c6ccccc86)C7)c(OC)cc5N(C)[C@@H]14)[C@@H]32. The molecule has 2 fully saturated rings. The van der Waals surface area contributed by atoms with Crippen LogP contribution in [0, 0.1) is 11.3 Å². The topological polar surface area (TPSA) is 137 Å². The van der Waals surface area contributed by atoms with Crippen LogP contribution in [0.25, 0.3) is 10.9 Å². The first-order chi connectivity index (χ1) is 29.5. The third kappa shape index (κ3) is 5.87. The Labute approximate surface area is 361 Å². The number of likely N-dealkylation sites (N-methyl/N-ethyl adjacent to an activating group) is 1. The summed E-state index contributed by atoms with van der Waals surface area (Å²) in [7, 11) is 4.86. The fraction of sp³-hybridized carbons (Fsp3) is 0.562. The number of halogens is 2. The van der Waals surface area contributed by atoms with Crippen molar-refractivity contribution in [3.05, 3.63) is 82.6 Å². The van der Waals surface area contributed by atoms with E-state index in [1.807, 2.05) is 37.4 Å². The van der Waals surface area contributed by atoms with Gasteiger partial charge in [-0.1, -0.05) is 50.3 Å². The number of H-pyrrole nitrogens is 1. The van der Waals surface area contributed by atoms with Crippen LogP contribution in [0.1, 0.15) is 75.8 Å². The van der Waals surface area contributed by atoms with Gasteiger partial charge in [-0.15, -0.1) is 0 Å². The molecule has 1 amide bonds. The highest BCUT2D eigenvalue weighted by atomic mass is 19.3. The number of nitrogens with zero attached hydrogens (tertiary/aromatic N) is 3. The van der Waals surface area contributed by atoms with Crippen molar-refractivity contribution < 1.29 is 42.5 Å². The predicted octanol–water partition coefficient (Wildman–Crippen LogP) is 5.39. The summed E-state index contributed by atoms with van der Waals surface area (Å²) in [6.45, 7) is 8.36. The first kappa shape index (κ1) is 42.5. The summed E-state index contributed by atoms with van der Waals surface area (Å²) >= 11 is 0. The maximum atomic E-state index is 15.3. The third-order valence-electron chi connectivity index (χ3n) is 15.6. The van der Waals surface area contributed by atoms with Crippen molar-refractivity contribution in [2.24, 2.45) is 11.3 Å². The van der Waals surface area contributed by atoms with E-state index < -0.39 is 57.8 Å². The van der Waals surface area contributed by atoms with E-state index in [9.17, 15) is 14.7 Å². The van der Waals surface area contributed by atoms with Gasteiger partial charge in [0.2, 0.25) is 5.91 Å². The number of aromatic amines is 1. The first-order valence-electron chi connectivity index (χ1n) is 22.1. The molecule has 14 heteroatoms. The van der Waals surface area contributed by atoms with Gasteiger partial charge in [0.25, 0.3) is 5.92 Å². The summed E-state index contributed by atoms with van der Waals surface area (Å²) in [6, 6.07) is 11.0. The number of aliphatic hydroxyl groups is 1. The summed E-state index contributed by atoms with van der Waals surface area (Å²) in [4.78, 5) is 51.8. The number of aromatic nitrogens is 1. The monoisotopic (exact) mass is 855 g/mol. The van der Waals surface area contributed by atoms with Crippen LogP contribution in [-0.4, -0.2) is 128 Å². The van der Waals surface area contributed by atoms with Gasteiger partial charge in [-0.2, -0.15) is 0 Å². The Hall–Kier alpha value is -4.79. The normalized spacial score (nSPS) is 33.5.